The van der Waals surface area contributed by atoms with Gasteiger partial charge in [0.2, 0.25) is 0 Å². The highest BCUT2D eigenvalue weighted by Crippen LogP contribution is 2.28. The van der Waals surface area contributed by atoms with Crippen LogP contribution in [0, 0.1) is 5.92 Å². The van der Waals surface area contributed by atoms with E-state index in [0.717, 1.165) is 17.6 Å². The van der Waals surface area contributed by atoms with Crippen molar-refractivity contribution in [1.29, 1.82) is 0 Å². The zero-order valence-electron chi connectivity index (χ0n) is 8.60. The minimum absolute atomic E-state index is 0.434. The van der Waals surface area contributed by atoms with Gasteiger partial charge >= 0.3 is 0 Å². The minimum atomic E-state index is 0.434. The molecular weight excluding hydrogens is 180 g/mol. The van der Waals surface area contributed by atoms with E-state index in [2.05, 4.69) is 24.5 Å². The molecule has 0 aromatic heterocycles. The molecule has 0 unspecified atom stereocenters. The first-order chi connectivity index (χ1) is 6.18. The van der Waals surface area contributed by atoms with Crippen LogP contribution in [0.4, 0.5) is 0 Å². The molecule has 0 spiro atoms. The Balaban J connectivity index is 1.94. The average molecular weight is 200 g/mol. The fraction of sp³-hybridized carbons (Fsp3) is 0.900. The molecule has 76 valence electrons. The van der Waals surface area contributed by atoms with Crippen molar-refractivity contribution >= 4 is 17.3 Å². The second-order valence-corrected chi connectivity index (χ2v) is 4.55. The summed E-state index contributed by atoms with van der Waals surface area (Å²) in [6.45, 7) is 5.23. The molecule has 2 N–H and O–H groups in total. The van der Waals surface area contributed by atoms with E-state index in [1.807, 2.05) is 0 Å². The van der Waals surface area contributed by atoms with E-state index in [4.69, 9.17) is 12.2 Å². The molecule has 0 amide bonds. The van der Waals surface area contributed by atoms with E-state index >= 15 is 0 Å². The molecule has 0 saturated heterocycles. The van der Waals surface area contributed by atoms with Gasteiger partial charge in [-0.2, -0.15) is 0 Å². The molecule has 0 aromatic carbocycles. The number of nitrogens with one attached hydrogen (secondary N) is 2. The summed E-state index contributed by atoms with van der Waals surface area (Å²) in [5, 5.41) is 7.21. The molecule has 0 atom stereocenters. The average Bonchev–Trinajstić information content (AvgIpc) is 1.92. The minimum Gasteiger partial charge on any atom is -0.363 e. The zero-order chi connectivity index (χ0) is 9.68. The normalized spacial score (nSPS) is 16.8. The Morgan fingerprint density at radius 2 is 2.15 bits per heavy atom. The summed E-state index contributed by atoms with van der Waals surface area (Å²) in [6.07, 6.45) is 5.55. The van der Waals surface area contributed by atoms with Gasteiger partial charge in [0.25, 0.3) is 0 Å². The largest absolute Gasteiger partial charge is 0.363 e. The number of rotatable bonds is 4. The lowest BCUT2D eigenvalue weighted by atomic mass is 9.83. The number of hydrogen-bond acceptors (Lipinski definition) is 1. The molecule has 3 heteroatoms. The fourth-order valence-electron chi connectivity index (χ4n) is 1.48. The molecule has 0 radical (unpaired) electrons. The zero-order valence-corrected chi connectivity index (χ0v) is 9.41. The molecule has 1 rings (SSSR count). The van der Waals surface area contributed by atoms with Crippen molar-refractivity contribution in [2.24, 2.45) is 5.92 Å². The van der Waals surface area contributed by atoms with Crippen molar-refractivity contribution in [2.45, 2.75) is 45.6 Å². The van der Waals surface area contributed by atoms with E-state index in [0.29, 0.717) is 6.04 Å². The Bertz CT molecular complexity index is 164. The smallest absolute Gasteiger partial charge is 0.166 e. The third kappa shape index (κ3) is 4.46. The lowest BCUT2D eigenvalue weighted by molar-refractivity contribution is 0.297. The summed E-state index contributed by atoms with van der Waals surface area (Å²) in [7, 11) is 0. The van der Waals surface area contributed by atoms with Crippen LogP contribution in [-0.4, -0.2) is 17.7 Å². The third-order valence-corrected chi connectivity index (χ3v) is 2.74. The first-order valence-electron chi connectivity index (χ1n) is 5.23. The number of thiocarbonyl (C=S) groups is 1. The van der Waals surface area contributed by atoms with Crippen LogP contribution in [0.15, 0.2) is 0 Å². The van der Waals surface area contributed by atoms with E-state index in [-0.39, 0.29) is 0 Å². The molecule has 1 aliphatic carbocycles. The highest BCUT2D eigenvalue weighted by atomic mass is 32.1. The van der Waals surface area contributed by atoms with Gasteiger partial charge in [0, 0.05) is 12.6 Å². The van der Waals surface area contributed by atoms with Crippen LogP contribution in [0.3, 0.4) is 0 Å². The lowest BCUT2D eigenvalue weighted by Gasteiger charge is -2.25. The molecule has 1 fully saturated rings. The van der Waals surface area contributed by atoms with Crippen LogP contribution < -0.4 is 10.6 Å². The van der Waals surface area contributed by atoms with Crippen molar-refractivity contribution in [3.8, 4) is 0 Å². The first-order valence-corrected chi connectivity index (χ1v) is 5.63. The van der Waals surface area contributed by atoms with Crippen LogP contribution in [0.1, 0.15) is 39.5 Å². The Morgan fingerprint density at radius 3 is 2.62 bits per heavy atom. The molecule has 0 bridgehead atoms. The van der Waals surface area contributed by atoms with Crippen LogP contribution in [-0.2, 0) is 0 Å². The topological polar surface area (TPSA) is 24.1 Å². The Hall–Kier alpha value is -0.310. The van der Waals surface area contributed by atoms with Gasteiger partial charge in [-0.3, -0.25) is 0 Å². The summed E-state index contributed by atoms with van der Waals surface area (Å²) in [6, 6.07) is 0.434. The molecule has 2 nitrogen and oxygen atoms in total. The van der Waals surface area contributed by atoms with Crippen molar-refractivity contribution in [3.63, 3.8) is 0 Å². The molecule has 13 heavy (non-hydrogen) atoms. The highest BCUT2D eigenvalue weighted by molar-refractivity contribution is 7.80. The Labute approximate surface area is 86.5 Å². The van der Waals surface area contributed by atoms with Crippen LogP contribution in [0.25, 0.3) is 0 Å². The summed E-state index contributed by atoms with van der Waals surface area (Å²) >= 11 is 5.11. The van der Waals surface area contributed by atoms with Gasteiger partial charge in [-0.25, -0.2) is 0 Å². The molecule has 0 aliphatic heterocycles. The van der Waals surface area contributed by atoms with Crippen LogP contribution in [0.2, 0.25) is 0 Å². The molecular formula is C10H20N2S. The number of hydrogen-bond donors (Lipinski definition) is 2. The maximum atomic E-state index is 5.11. The van der Waals surface area contributed by atoms with E-state index < -0.39 is 0 Å². The Kier molecular flexibility index (Phi) is 4.50. The standard InChI is InChI=1S/C10H20N2S/c1-8(2)12-10(13)11-7-6-9-4-3-5-9/h8-9H,3-7H2,1-2H3,(H2,11,12,13). The summed E-state index contributed by atoms with van der Waals surface area (Å²) in [4.78, 5) is 0. The van der Waals surface area contributed by atoms with Gasteiger partial charge < -0.3 is 10.6 Å². The van der Waals surface area contributed by atoms with Gasteiger partial charge in [0.1, 0.15) is 0 Å². The van der Waals surface area contributed by atoms with E-state index in [9.17, 15) is 0 Å². The summed E-state index contributed by atoms with van der Waals surface area (Å²) < 4.78 is 0. The van der Waals surface area contributed by atoms with Crippen molar-refractivity contribution in [3.05, 3.63) is 0 Å². The summed E-state index contributed by atoms with van der Waals surface area (Å²) in [5.41, 5.74) is 0. The van der Waals surface area contributed by atoms with Gasteiger partial charge in [-0.15, -0.1) is 0 Å². The Morgan fingerprint density at radius 1 is 1.46 bits per heavy atom. The van der Waals surface area contributed by atoms with Crippen molar-refractivity contribution in [2.75, 3.05) is 6.54 Å². The van der Waals surface area contributed by atoms with Gasteiger partial charge in [-0.1, -0.05) is 19.3 Å². The molecule has 1 saturated carbocycles. The second kappa shape index (κ2) is 5.43. The third-order valence-electron chi connectivity index (χ3n) is 2.48. The van der Waals surface area contributed by atoms with Gasteiger partial charge in [0.15, 0.2) is 5.11 Å². The van der Waals surface area contributed by atoms with E-state index in [1.165, 1.54) is 25.7 Å². The molecule has 1 aliphatic rings. The SMILES string of the molecule is CC(C)NC(=S)NCCC1CCC1. The van der Waals surface area contributed by atoms with Gasteiger partial charge in [-0.05, 0) is 38.4 Å². The predicted octanol–water partition coefficient (Wildman–Crippen LogP) is 2.05. The molecule has 0 heterocycles. The van der Waals surface area contributed by atoms with E-state index in [1.54, 1.807) is 0 Å². The van der Waals surface area contributed by atoms with Crippen molar-refractivity contribution < 1.29 is 0 Å². The predicted molar refractivity (Wildman–Crippen MR) is 60.8 cm³/mol. The fourth-order valence-corrected chi connectivity index (χ4v) is 1.82. The second-order valence-electron chi connectivity index (χ2n) is 4.14. The maximum absolute atomic E-state index is 5.11. The molecule has 0 aromatic rings. The lowest BCUT2D eigenvalue weighted by Crippen LogP contribution is -2.40. The van der Waals surface area contributed by atoms with Crippen molar-refractivity contribution in [1.82, 2.24) is 10.6 Å². The first kappa shape index (κ1) is 10.8. The summed E-state index contributed by atoms with van der Waals surface area (Å²) in [5.74, 6) is 0.967. The van der Waals surface area contributed by atoms with Gasteiger partial charge in [0.05, 0.1) is 0 Å². The quantitative estimate of drug-likeness (QED) is 0.679. The van der Waals surface area contributed by atoms with Crippen LogP contribution >= 0.6 is 12.2 Å². The maximum Gasteiger partial charge on any atom is 0.166 e. The highest BCUT2D eigenvalue weighted by Gasteiger charge is 2.16. The van der Waals surface area contributed by atoms with Crippen LogP contribution in [0.5, 0.6) is 0 Å². The monoisotopic (exact) mass is 200 g/mol.